The molecule has 0 radical (unpaired) electrons. The Morgan fingerprint density at radius 1 is 1.37 bits per heavy atom. The average Bonchev–Trinajstić information content (AvgIpc) is 3.13. The minimum atomic E-state index is -3.50. The van der Waals surface area contributed by atoms with Crippen LogP contribution in [-0.4, -0.2) is 32.1 Å². The number of hydrogen-bond acceptors (Lipinski definition) is 4. The third kappa shape index (κ3) is 2.17. The van der Waals surface area contributed by atoms with Gasteiger partial charge in [-0.1, -0.05) is 6.07 Å². The van der Waals surface area contributed by atoms with Crippen LogP contribution >= 0.6 is 0 Å². The van der Waals surface area contributed by atoms with Crippen molar-refractivity contribution in [2.24, 2.45) is 0 Å². The molecule has 6 heteroatoms. The lowest BCUT2D eigenvalue weighted by Crippen LogP contribution is -2.19. The molecule has 1 aromatic rings. The lowest BCUT2D eigenvalue weighted by atomic mass is 10.0. The maximum Gasteiger partial charge on any atom is 0.336 e. The van der Waals surface area contributed by atoms with Gasteiger partial charge in [0.2, 0.25) is 9.84 Å². The fourth-order valence-electron chi connectivity index (χ4n) is 2.26. The molecule has 1 aliphatic carbocycles. The number of carboxylic acid groups (broad SMARTS) is 1. The van der Waals surface area contributed by atoms with E-state index in [1.165, 1.54) is 23.6 Å². The Labute approximate surface area is 110 Å². The van der Waals surface area contributed by atoms with Crippen molar-refractivity contribution in [1.29, 1.82) is 0 Å². The van der Waals surface area contributed by atoms with Crippen LogP contribution in [0.3, 0.4) is 0 Å². The molecule has 19 heavy (non-hydrogen) atoms. The number of hydrogen-bond donors (Lipinski definition) is 2. The summed E-state index contributed by atoms with van der Waals surface area (Å²) >= 11 is 0. The molecule has 1 saturated carbocycles. The molecule has 1 heterocycles. The molecule has 0 aromatic heterocycles. The van der Waals surface area contributed by atoms with Crippen LogP contribution < -0.4 is 5.32 Å². The van der Waals surface area contributed by atoms with E-state index in [-0.39, 0.29) is 10.5 Å². The molecule has 5 nitrogen and oxygen atoms in total. The highest BCUT2D eigenvalue weighted by Gasteiger charge is 2.31. The first-order valence-electron chi connectivity index (χ1n) is 6.05. The minimum absolute atomic E-state index is 0.0439. The first-order chi connectivity index (χ1) is 8.99. The number of carboxylic acids is 1. The number of sulfone groups is 1. The summed E-state index contributed by atoms with van der Waals surface area (Å²) in [5.74, 6) is -1.11. The van der Waals surface area contributed by atoms with Crippen molar-refractivity contribution >= 4 is 21.4 Å². The van der Waals surface area contributed by atoms with Crippen molar-refractivity contribution in [2.75, 3.05) is 6.54 Å². The molecular weight excluding hydrogens is 266 g/mol. The van der Waals surface area contributed by atoms with Crippen LogP contribution in [0.4, 0.5) is 0 Å². The molecule has 0 bridgehead atoms. The standard InChI is InChI=1S/C13H13NO4S/c15-13(16)10-2-1-3-11-12(10)8(7-19(11,17)18)6-14-9-4-5-9/h1-3,7,9,14H,4-6H2,(H,15,16). The van der Waals surface area contributed by atoms with Crippen molar-refractivity contribution in [1.82, 2.24) is 5.32 Å². The summed E-state index contributed by atoms with van der Waals surface area (Å²) in [6.07, 6.45) is 2.18. The Hall–Kier alpha value is -1.66. The third-order valence-electron chi connectivity index (χ3n) is 3.34. The Kier molecular flexibility index (Phi) is 2.72. The van der Waals surface area contributed by atoms with Crippen LogP contribution in [0.25, 0.3) is 5.57 Å². The van der Waals surface area contributed by atoms with Crippen molar-refractivity contribution in [2.45, 2.75) is 23.8 Å². The summed E-state index contributed by atoms with van der Waals surface area (Å²) in [6.45, 7) is 0.390. The van der Waals surface area contributed by atoms with Crippen LogP contribution in [0, 0.1) is 0 Å². The van der Waals surface area contributed by atoms with Crippen molar-refractivity contribution in [3.63, 3.8) is 0 Å². The van der Waals surface area contributed by atoms with Crippen LogP contribution in [0.15, 0.2) is 28.5 Å². The van der Waals surface area contributed by atoms with Gasteiger partial charge >= 0.3 is 5.97 Å². The van der Waals surface area contributed by atoms with Crippen LogP contribution in [0.2, 0.25) is 0 Å². The molecular formula is C13H13NO4S. The second kappa shape index (κ2) is 4.18. The van der Waals surface area contributed by atoms with E-state index in [0.717, 1.165) is 12.8 Å². The van der Waals surface area contributed by atoms with Crippen molar-refractivity contribution in [3.05, 3.63) is 34.7 Å². The van der Waals surface area contributed by atoms with E-state index in [1.807, 2.05) is 0 Å². The number of nitrogens with one attached hydrogen (secondary N) is 1. The normalized spacial score (nSPS) is 19.9. The number of fused-ring (bicyclic) bond motifs is 1. The molecule has 0 atom stereocenters. The van der Waals surface area contributed by atoms with Crippen molar-refractivity contribution in [3.8, 4) is 0 Å². The number of benzene rings is 1. The second-order valence-electron chi connectivity index (χ2n) is 4.83. The molecule has 3 rings (SSSR count). The Balaban J connectivity index is 2.07. The van der Waals surface area contributed by atoms with Gasteiger partial charge in [0.25, 0.3) is 0 Å². The van der Waals surface area contributed by atoms with E-state index in [4.69, 9.17) is 0 Å². The Bertz CT molecular complexity index is 687. The van der Waals surface area contributed by atoms with E-state index in [0.29, 0.717) is 23.7 Å². The lowest BCUT2D eigenvalue weighted by Gasteiger charge is -2.08. The summed E-state index contributed by atoms with van der Waals surface area (Å²) in [7, 11) is -3.50. The van der Waals surface area contributed by atoms with Gasteiger partial charge in [0.05, 0.1) is 10.5 Å². The van der Waals surface area contributed by atoms with Gasteiger partial charge in [0, 0.05) is 23.6 Å². The SMILES string of the molecule is O=C(O)c1cccc2c1C(CNC1CC1)=CS2(=O)=O. The van der Waals surface area contributed by atoms with Gasteiger partial charge in [0.1, 0.15) is 0 Å². The lowest BCUT2D eigenvalue weighted by molar-refractivity contribution is 0.0696. The molecule has 1 aliphatic heterocycles. The summed E-state index contributed by atoms with van der Waals surface area (Å²) in [5, 5.41) is 13.6. The quantitative estimate of drug-likeness (QED) is 0.867. The number of aromatic carboxylic acids is 1. The maximum absolute atomic E-state index is 12.0. The fourth-order valence-corrected chi connectivity index (χ4v) is 3.76. The fraction of sp³-hybridized carbons (Fsp3) is 0.308. The zero-order valence-corrected chi connectivity index (χ0v) is 10.9. The largest absolute Gasteiger partial charge is 0.478 e. The average molecular weight is 279 g/mol. The monoisotopic (exact) mass is 279 g/mol. The van der Waals surface area contributed by atoms with E-state index < -0.39 is 15.8 Å². The minimum Gasteiger partial charge on any atom is -0.478 e. The zero-order chi connectivity index (χ0) is 13.6. The van der Waals surface area contributed by atoms with Gasteiger partial charge in [-0.2, -0.15) is 0 Å². The predicted octanol–water partition coefficient (Wildman–Crippen LogP) is 1.27. The Morgan fingerprint density at radius 2 is 2.11 bits per heavy atom. The van der Waals surface area contributed by atoms with Gasteiger partial charge < -0.3 is 10.4 Å². The molecule has 1 aromatic carbocycles. The summed E-state index contributed by atoms with van der Waals surface area (Å²) in [5.41, 5.74) is 0.922. The smallest absolute Gasteiger partial charge is 0.336 e. The van der Waals surface area contributed by atoms with Gasteiger partial charge in [-0.05, 0) is 30.5 Å². The topological polar surface area (TPSA) is 83.5 Å². The molecule has 100 valence electrons. The number of rotatable bonds is 4. The molecule has 0 amide bonds. The molecule has 2 N–H and O–H groups in total. The van der Waals surface area contributed by atoms with E-state index >= 15 is 0 Å². The molecule has 0 saturated heterocycles. The van der Waals surface area contributed by atoms with Crippen molar-refractivity contribution < 1.29 is 18.3 Å². The van der Waals surface area contributed by atoms with Gasteiger partial charge in [-0.3, -0.25) is 0 Å². The third-order valence-corrected chi connectivity index (χ3v) is 4.89. The summed E-state index contributed by atoms with van der Waals surface area (Å²) < 4.78 is 24.0. The highest BCUT2D eigenvalue weighted by Crippen LogP contribution is 2.36. The molecule has 2 aliphatic rings. The zero-order valence-electron chi connectivity index (χ0n) is 10.1. The highest BCUT2D eigenvalue weighted by atomic mass is 32.2. The molecule has 0 unspecified atom stereocenters. The number of carbonyl (C=O) groups is 1. The Morgan fingerprint density at radius 3 is 2.74 bits per heavy atom. The predicted molar refractivity (Wildman–Crippen MR) is 69.6 cm³/mol. The van der Waals surface area contributed by atoms with E-state index in [9.17, 15) is 18.3 Å². The summed E-state index contributed by atoms with van der Waals surface area (Å²) in [4.78, 5) is 11.3. The van der Waals surface area contributed by atoms with Gasteiger partial charge in [-0.25, -0.2) is 13.2 Å². The maximum atomic E-state index is 12.0. The van der Waals surface area contributed by atoms with Gasteiger partial charge in [-0.15, -0.1) is 0 Å². The first-order valence-corrected chi connectivity index (χ1v) is 7.59. The van der Waals surface area contributed by atoms with Crippen LogP contribution in [-0.2, 0) is 9.84 Å². The first kappa shape index (κ1) is 12.4. The highest BCUT2D eigenvalue weighted by molar-refractivity contribution is 7.95. The van der Waals surface area contributed by atoms with E-state index in [2.05, 4.69) is 5.32 Å². The summed E-state index contributed by atoms with van der Waals surface area (Å²) in [6, 6.07) is 4.79. The van der Waals surface area contributed by atoms with Crippen LogP contribution in [0.1, 0.15) is 28.8 Å². The van der Waals surface area contributed by atoms with Gasteiger partial charge in [0.15, 0.2) is 0 Å². The second-order valence-corrected chi connectivity index (χ2v) is 6.59. The molecule has 1 fully saturated rings. The van der Waals surface area contributed by atoms with E-state index in [1.54, 1.807) is 0 Å². The van der Waals surface area contributed by atoms with Crippen LogP contribution in [0.5, 0.6) is 0 Å². The molecule has 0 spiro atoms.